The van der Waals surface area contributed by atoms with Crippen LogP contribution in [0.3, 0.4) is 0 Å². The molecule has 1 radical (unpaired) electrons. The molecule has 0 rings (SSSR count). The van der Waals surface area contributed by atoms with E-state index in [-0.39, 0.29) is 0 Å². The maximum atomic E-state index is 4.93. The zero-order valence-corrected chi connectivity index (χ0v) is 12.5. The van der Waals surface area contributed by atoms with E-state index in [1.165, 1.54) is 64.2 Å². The fourth-order valence-electron chi connectivity index (χ4n) is 1.99. The molecule has 0 aromatic carbocycles. The van der Waals surface area contributed by atoms with Crippen LogP contribution in [-0.4, -0.2) is 5.75 Å². The molecule has 0 aliphatic heterocycles. The average molecular weight is 243 g/mol. The lowest BCUT2D eigenvalue weighted by Gasteiger charge is -2.17. The lowest BCUT2D eigenvalue weighted by Crippen LogP contribution is -2.03. The summed E-state index contributed by atoms with van der Waals surface area (Å²) in [7, 11) is 0. The van der Waals surface area contributed by atoms with Gasteiger partial charge in [-0.1, -0.05) is 84.8 Å². The van der Waals surface area contributed by atoms with Gasteiger partial charge in [0.1, 0.15) is 0 Å². The second kappa shape index (κ2) is 10.5. The van der Waals surface area contributed by atoms with Gasteiger partial charge in [-0.05, 0) is 18.3 Å². The highest BCUT2D eigenvalue weighted by Crippen LogP contribution is 2.22. The third kappa shape index (κ3) is 14.4. The minimum atomic E-state index is 0.532. The van der Waals surface area contributed by atoms with E-state index in [1.807, 2.05) is 0 Å². The zero-order valence-electron chi connectivity index (χ0n) is 11.7. The topological polar surface area (TPSA) is 0 Å². The van der Waals surface area contributed by atoms with E-state index in [0.717, 1.165) is 5.75 Å². The maximum absolute atomic E-state index is 4.93. The first-order valence-electron chi connectivity index (χ1n) is 7.14. The molecule has 97 valence electrons. The molecule has 0 spiro atoms. The monoisotopic (exact) mass is 243 g/mol. The second-order valence-corrected chi connectivity index (χ2v) is 6.61. The molecule has 0 saturated carbocycles. The van der Waals surface area contributed by atoms with Gasteiger partial charge in [-0.3, -0.25) is 0 Å². The van der Waals surface area contributed by atoms with Gasteiger partial charge in [-0.2, -0.15) is 0 Å². The maximum Gasteiger partial charge on any atom is 0.00369 e. The molecule has 0 aliphatic carbocycles. The third-order valence-electron chi connectivity index (χ3n) is 3.07. The Morgan fingerprint density at radius 1 is 0.625 bits per heavy atom. The van der Waals surface area contributed by atoms with Crippen LogP contribution in [0.4, 0.5) is 0 Å². The molecule has 0 aromatic rings. The van der Waals surface area contributed by atoms with Crippen LogP contribution in [0.5, 0.6) is 0 Å². The lowest BCUT2D eigenvalue weighted by molar-refractivity contribution is 0.356. The van der Waals surface area contributed by atoms with Gasteiger partial charge < -0.3 is 0 Å². The van der Waals surface area contributed by atoms with Crippen molar-refractivity contribution in [2.45, 2.75) is 85.0 Å². The van der Waals surface area contributed by atoms with Crippen LogP contribution in [0, 0.1) is 5.41 Å². The summed E-state index contributed by atoms with van der Waals surface area (Å²) in [5, 5.41) is 0. The van der Waals surface area contributed by atoms with E-state index in [0.29, 0.717) is 5.41 Å². The summed E-state index contributed by atoms with van der Waals surface area (Å²) in [6.07, 6.45) is 14.0. The number of rotatable bonds is 10. The molecule has 0 aliphatic rings. The molecule has 0 atom stereocenters. The largest absolute Gasteiger partial charge is 0.0942 e. The van der Waals surface area contributed by atoms with Gasteiger partial charge in [0.25, 0.3) is 0 Å². The quantitative estimate of drug-likeness (QED) is 0.405. The highest BCUT2D eigenvalue weighted by Gasteiger charge is 2.08. The van der Waals surface area contributed by atoms with E-state index in [1.54, 1.807) is 0 Å². The second-order valence-electron chi connectivity index (χ2n) is 6.20. The van der Waals surface area contributed by atoms with Gasteiger partial charge in [0.05, 0.1) is 0 Å². The summed E-state index contributed by atoms with van der Waals surface area (Å²) in [5.74, 6) is 0.951. The van der Waals surface area contributed by atoms with Crippen molar-refractivity contribution in [1.82, 2.24) is 0 Å². The highest BCUT2D eigenvalue weighted by atomic mass is 32.1. The van der Waals surface area contributed by atoms with Crippen molar-refractivity contribution in [2.75, 3.05) is 5.75 Å². The molecule has 0 heterocycles. The summed E-state index contributed by atoms with van der Waals surface area (Å²) in [6.45, 7) is 7.02. The molecule has 0 N–H and O–H groups in total. The zero-order chi connectivity index (χ0) is 12.3. The summed E-state index contributed by atoms with van der Waals surface area (Å²) >= 11 is 4.93. The van der Waals surface area contributed by atoms with Crippen LogP contribution < -0.4 is 0 Å². The smallest absolute Gasteiger partial charge is 0.00369 e. The van der Waals surface area contributed by atoms with E-state index < -0.39 is 0 Å². The first-order chi connectivity index (χ1) is 7.56. The highest BCUT2D eigenvalue weighted by molar-refractivity contribution is 7.80. The van der Waals surface area contributed by atoms with Crippen LogP contribution in [0.25, 0.3) is 0 Å². The van der Waals surface area contributed by atoms with Crippen molar-refractivity contribution >= 4 is 12.6 Å². The summed E-state index contributed by atoms with van der Waals surface area (Å²) in [6, 6.07) is 0. The number of unbranched alkanes of at least 4 members (excludes halogenated alkanes) is 8. The van der Waals surface area contributed by atoms with Gasteiger partial charge in [-0.15, -0.1) is 0 Å². The van der Waals surface area contributed by atoms with E-state index in [4.69, 9.17) is 12.6 Å². The third-order valence-corrected chi connectivity index (χ3v) is 3.36. The molecule has 0 aromatic heterocycles. The first-order valence-corrected chi connectivity index (χ1v) is 7.72. The Hall–Kier alpha value is 0.350. The summed E-state index contributed by atoms with van der Waals surface area (Å²) in [5.41, 5.74) is 0.532. The standard InChI is InChI=1S/C15H31S/c1-15(2,3)13-11-9-7-5-4-6-8-10-12-14-16/h4-14H2,1-3H3. The fourth-order valence-corrected chi connectivity index (χ4v) is 2.20. The lowest BCUT2D eigenvalue weighted by atomic mass is 9.89. The van der Waals surface area contributed by atoms with Crippen LogP contribution >= 0.6 is 12.6 Å². The number of hydrogen-bond donors (Lipinski definition) is 0. The average Bonchev–Trinajstić information content (AvgIpc) is 2.19. The SMILES string of the molecule is CC(C)(C)CCCCCCCCCCC[S]. The Kier molecular flexibility index (Phi) is 10.7. The molecule has 0 saturated heterocycles. The van der Waals surface area contributed by atoms with Crippen molar-refractivity contribution < 1.29 is 0 Å². The normalized spacial score (nSPS) is 12.0. The molecular weight excluding hydrogens is 212 g/mol. The minimum Gasteiger partial charge on any atom is -0.0942 e. The summed E-state index contributed by atoms with van der Waals surface area (Å²) < 4.78 is 0. The molecule has 0 unspecified atom stereocenters. The van der Waals surface area contributed by atoms with Crippen molar-refractivity contribution in [3.8, 4) is 0 Å². The summed E-state index contributed by atoms with van der Waals surface area (Å²) in [4.78, 5) is 0. The van der Waals surface area contributed by atoms with E-state index in [2.05, 4.69) is 20.8 Å². The van der Waals surface area contributed by atoms with Gasteiger partial charge in [0.15, 0.2) is 0 Å². The van der Waals surface area contributed by atoms with Gasteiger partial charge in [0, 0.05) is 5.75 Å². The molecule has 0 nitrogen and oxygen atoms in total. The Balaban J connectivity index is 2.99. The Morgan fingerprint density at radius 2 is 1.00 bits per heavy atom. The van der Waals surface area contributed by atoms with Crippen molar-refractivity contribution in [3.63, 3.8) is 0 Å². The van der Waals surface area contributed by atoms with E-state index >= 15 is 0 Å². The van der Waals surface area contributed by atoms with Crippen molar-refractivity contribution in [3.05, 3.63) is 0 Å². The van der Waals surface area contributed by atoms with Crippen LogP contribution in [0.2, 0.25) is 0 Å². The molecule has 0 amide bonds. The molecule has 1 heteroatoms. The van der Waals surface area contributed by atoms with Gasteiger partial charge in [0.2, 0.25) is 0 Å². The Morgan fingerprint density at radius 3 is 1.38 bits per heavy atom. The molecule has 0 bridgehead atoms. The van der Waals surface area contributed by atoms with Crippen molar-refractivity contribution in [1.29, 1.82) is 0 Å². The Labute approximate surface area is 109 Å². The Bertz CT molecular complexity index is 135. The van der Waals surface area contributed by atoms with Crippen LogP contribution in [0.1, 0.15) is 85.0 Å². The number of hydrogen-bond acceptors (Lipinski definition) is 0. The fraction of sp³-hybridized carbons (Fsp3) is 1.00. The van der Waals surface area contributed by atoms with Crippen molar-refractivity contribution in [2.24, 2.45) is 5.41 Å². The van der Waals surface area contributed by atoms with Gasteiger partial charge in [-0.25, -0.2) is 0 Å². The molecule has 0 fully saturated rings. The van der Waals surface area contributed by atoms with Crippen LogP contribution in [0.15, 0.2) is 0 Å². The van der Waals surface area contributed by atoms with E-state index in [9.17, 15) is 0 Å². The predicted molar refractivity (Wildman–Crippen MR) is 78.1 cm³/mol. The molecule has 16 heavy (non-hydrogen) atoms. The molecular formula is C15H31S. The predicted octanol–water partition coefficient (Wildman–Crippen LogP) is 6.13. The van der Waals surface area contributed by atoms with Crippen LogP contribution in [-0.2, 0) is 0 Å². The minimum absolute atomic E-state index is 0.532. The first kappa shape index (κ1) is 16.4. The van der Waals surface area contributed by atoms with Gasteiger partial charge >= 0.3 is 0 Å².